The highest BCUT2D eigenvalue weighted by Gasteiger charge is 2.28. The second kappa shape index (κ2) is 8.27. The predicted octanol–water partition coefficient (Wildman–Crippen LogP) is 4.39. The fourth-order valence-corrected chi connectivity index (χ4v) is 6.55. The lowest BCUT2D eigenvalue weighted by Crippen LogP contribution is -2.24. The highest BCUT2D eigenvalue weighted by molar-refractivity contribution is 7.93. The Morgan fingerprint density at radius 1 is 1.15 bits per heavy atom. The van der Waals surface area contributed by atoms with Gasteiger partial charge in [-0.25, -0.2) is 12.8 Å². The summed E-state index contributed by atoms with van der Waals surface area (Å²) in [6, 6.07) is 14.9. The van der Waals surface area contributed by atoms with Crippen molar-refractivity contribution >= 4 is 48.9 Å². The summed E-state index contributed by atoms with van der Waals surface area (Å²) in [6.45, 7) is 2.85. The molecule has 0 bridgehead atoms. The van der Waals surface area contributed by atoms with E-state index in [0.717, 1.165) is 21.5 Å². The first-order chi connectivity index (χ1) is 15.8. The number of thiophene rings is 1. The van der Waals surface area contributed by atoms with Gasteiger partial charge in [0.15, 0.2) is 0 Å². The molecule has 3 heterocycles. The van der Waals surface area contributed by atoms with Gasteiger partial charge < -0.3 is 5.32 Å². The van der Waals surface area contributed by atoms with Crippen molar-refractivity contribution in [3.05, 3.63) is 76.5 Å². The van der Waals surface area contributed by atoms with Crippen LogP contribution < -0.4 is 9.62 Å². The van der Waals surface area contributed by atoms with Crippen LogP contribution in [0.4, 0.5) is 15.8 Å². The molecule has 2 aromatic heterocycles. The molecule has 7 nitrogen and oxygen atoms in total. The van der Waals surface area contributed by atoms with Crippen LogP contribution in [0.5, 0.6) is 0 Å². The predicted molar refractivity (Wildman–Crippen MR) is 128 cm³/mol. The molecule has 0 atom stereocenters. The van der Waals surface area contributed by atoms with Gasteiger partial charge in [0.05, 0.1) is 28.6 Å². The van der Waals surface area contributed by atoms with Crippen LogP contribution >= 0.6 is 11.3 Å². The van der Waals surface area contributed by atoms with Crippen LogP contribution in [0.25, 0.3) is 10.2 Å². The Morgan fingerprint density at radius 3 is 2.55 bits per heavy atom. The average molecular weight is 485 g/mol. The number of fused-ring (bicyclic) bond motifs is 1. The molecule has 1 N–H and O–H groups in total. The molecule has 4 aromatic rings. The van der Waals surface area contributed by atoms with Crippen molar-refractivity contribution in [2.45, 2.75) is 19.9 Å². The van der Waals surface area contributed by atoms with Crippen LogP contribution in [0.3, 0.4) is 0 Å². The number of nitrogens with zero attached hydrogens (tertiary/aromatic N) is 3. The summed E-state index contributed by atoms with van der Waals surface area (Å²) >= 11 is 1.34. The van der Waals surface area contributed by atoms with Crippen LogP contribution in [-0.4, -0.2) is 36.4 Å². The van der Waals surface area contributed by atoms with Gasteiger partial charge in [-0.1, -0.05) is 12.1 Å². The third-order valence-electron chi connectivity index (χ3n) is 5.59. The smallest absolute Gasteiger partial charge is 0.265 e. The van der Waals surface area contributed by atoms with Crippen molar-refractivity contribution in [3.8, 4) is 0 Å². The number of carbonyl (C=O) groups excluding carboxylic acids is 1. The maximum atomic E-state index is 13.2. The van der Waals surface area contributed by atoms with Crippen LogP contribution in [0.15, 0.2) is 54.6 Å². The lowest BCUT2D eigenvalue weighted by molar-refractivity contribution is 0.103. The number of amides is 1. The normalized spacial score (nSPS) is 15.3. The van der Waals surface area contributed by atoms with Crippen molar-refractivity contribution in [1.29, 1.82) is 0 Å². The second-order valence-electron chi connectivity index (χ2n) is 7.94. The maximum Gasteiger partial charge on any atom is 0.265 e. The molecule has 1 amide bonds. The van der Waals surface area contributed by atoms with Gasteiger partial charge in [-0.2, -0.15) is 5.10 Å². The highest BCUT2D eigenvalue weighted by Crippen LogP contribution is 2.30. The lowest BCUT2D eigenvalue weighted by atomic mass is 10.2. The molecular weight excluding hydrogens is 463 g/mol. The number of benzene rings is 2. The molecule has 1 fully saturated rings. The molecule has 1 aliphatic rings. The summed E-state index contributed by atoms with van der Waals surface area (Å²) in [5.41, 5.74) is 2.92. The van der Waals surface area contributed by atoms with E-state index in [0.29, 0.717) is 35.8 Å². The number of halogens is 1. The van der Waals surface area contributed by atoms with Gasteiger partial charge in [-0.05, 0) is 61.4 Å². The van der Waals surface area contributed by atoms with E-state index < -0.39 is 10.0 Å². The number of sulfonamides is 1. The van der Waals surface area contributed by atoms with Crippen LogP contribution in [-0.2, 0) is 16.6 Å². The van der Waals surface area contributed by atoms with Crippen molar-refractivity contribution in [3.63, 3.8) is 0 Å². The van der Waals surface area contributed by atoms with E-state index in [4.69, 9.17) is 0 Å². The molecule has 5 rings (SSSR count). The molecule has 0 saturated carbocycles. The molecule has 170 valence electrons. The van der Waals surface area contributed by atoms with E-state index in [1.165, 1.54) is 27.8 Å². The van der Waals surface area contributed by atoms with Gasteiger partial charge in [-0.3, -0.25) is 13.8 Å². The third-order valence-corrected chi connectivity index (χ3v) is 8.61. The number of rotatable bonds is 5. The van der Waals surface area contributed by atoms with Crippen molar-refractivity contribution < 1.29 is 17.6 Å². The van der Waals surface area contributed by atoms with E-state index in [-0.39, 0.29) is 17.5 Å². The van der Waals surface area contributed by atoms with Crippen molar-refractivity contribution in [2.75, 3.05) is 21.9 Å². The number of carbonyl (C=O) groups is 1. The second-order valence-corrected chi connectivity index (χ2v) is 11.0. The average Bonchev–Trinajstić information content (AvgIpc) is 3.45. The number of hydrogen-bond acceptors (Lipinski definition) is 5. The summed E-state index contributed by atoms with van der Waals surface area (Å²) in [7, 11) is -3.24. The minimum Gasteiger partial charge on any atom is -0.321 e. The monoisotopic (exact) mass is 484 g/mol. The van der Waals surface area contributed by atoms with E-state index in [2.05, 4.69) is 10.4 Å². The zero-order valence-corrected chi connectivity index (χ0v) is 19.4. The van der Waals surface area contributed by atoms with Gasteiger partial charge in [0.25, 0.3) is 5.91 Å². The topological polar surface area (TPSA) is 84.3 Å². The standard InChI is InChI=1S/C23H21FN4O3S2/c1-15-20-13-21(32-23(20)27(26-15)14-16-3-5-17(24)6-4-16)22(29)25-18-7-9-19(10-8-18)28-11-2-12-33(28,30)31/h3-10,13H,2,11-12,14H2,1H3,(H,25,29). The molecule has 2 aromatic carbocycles. The number of aromatic nitrogens is 2. The number of hydrogen-bond donors (Lipinski definition) is 1. The quantitative estimate of drug-likeness (QED) is 0.456. The largest absolute Gasteiger partial charge is 0.321 e. The Balaban J connectivity index is 1.34. The Labute approximate surface area is 194 Å². The summed E-state index contributed by atoms with van der Waals surface area (Å²) in [4.78, 5) is 14.3. The molecule has 0 radical (unpaired) electrons. The van der Waals surface area contributed by atoms with E-state index in [1.54, 1.807) is 36.4 Å². The van der Waals surface area contributed by atoms with Gasteiger partial charge in [0.1, 0.15) is 10.6 Å². The van der Waals surface area contributed by atoms with Crippen molar-refractivity contribution in [2.24, 2.45) is 0 Å². The maximum absolute atomic E-state index is 13.2. The van der Waals surface area contributed by atoms with E-state index in [1.807, 2.05) is 17.7 Å². The Morgan fingerprint density at radius 2 is 1.88 bits per heavy atom. The summed E-state index contributed by atoms with van der Waals surface area (Å²) in [5, 5.41) is 8.34. The molecule has 10 heteroatoms. The minimum absolute atomic E-state index is 0.162. The van der Waals surface area contributed by atoms with E-state index in [9.17, 15) is 17.6 Å². The molecule has 1 saturated heterocycles. The van der Waals surface area contributed by atoms with Crippen molar-refractivity contribution in [1.82, 2.24) is 9.78 Å². The SMILES string of the molecule is Cc1nn(Cc2ccc(F)cc2)c2sc(C(=O)Nc3ccc(N4CCCS4(=O)=O)cc3)cc12. The molecular formula is C23H21FN4O3S2. The summed E-state index contributed by atoms with van der Waals surface area (Å²) in [5.74, 6) is -0.369. The first kappa shape index (κ1) is 21.6. The van der Waals surface area contributed by atoms with Gasteiger partial charge in [0.2, 0.25) is 10.0 Å². The number of nitrogens with one attached hydrogen (secondary N) is 1. The molecule has 1 aliphatic heterocycles. The lowest BCUT2D eigenvalue weighted by Gasteiger charge is -2.17. The fraction of sp³-hybridized carbons (Fsp3) is 0.217. The Kier molecular flexibility index (Phi) is 5.41. The van der Waals surface area contributed by atoms with Gasteiger partial charge in [-0.15, -0.1) is 11.3 Å². The third kappa shape index (κ3) is 4.23. The fourth-order valence-electron chi connectivity index (χ4n) is 3.93. The van der Waals surface area contributed by atoms with Gasteiger partial charge in [0, 0.05) is 17.6 Å². The molecule has 0 aliphatic carbocycles. The van der Waals surface area contributed by atoms with Crippen LogP contribution in [0, 0.1) is 12.7 Å². The zero-order valence-electron chi connectivity index (χ0n) is 17.8. The summed E-state index contributed by atoms with van der Waals surface area (Å²) < 4.78 is 40.6. The zero-order chi connectivity index (χ0) is 23.2. The van der Waals surface area contributed by atoms with Crippen LogP contribution in [0.2, 0.25) is 0 Å². The molecule has 33 heavy (non-hydrogen) atoms. The summed E-state index contributed by atoms with van der Waals surface area (Å²) in [6.07, 6.45) is 0.616. The minimum atomic E-state index is -3.24. The van der Waals surface area contributed by atoms with Crippen LogP contribution in [0.1, 0.15) is 27.3 Å². The highest BCUT2D eigenvalue weighted by atomic mass is 32.2. The van der Waals surface area contributed by atoms with Gasteiger partial charge >= 0.3 is 0 Å². The molecule has 0 spiro atoms. The first-order valence-corrected chi connectivity index (χ1v) is 12.9. The number of aryl methyl sites for hydroxylation is 1. The molecule has 0 unspecified atom stereocenters. The Hall–Kier alpha value is -3.24. The Bertz CT molecular complexity index is 1440. The van der Waals surface area contributed by atoms with E-state index >= 15 is 0 Å². The number of anilines is 2. The first-order valence-electron chi connectivity index (χ1n) is 10.4.